The predicted molar refractivity (Wildman–Crippen MR) is 93.0 cm³/mol. The van der Waals surface area contributed by atoms with Crippen LogP contribution in [0, 0.1) is 11.8 Å². The van der Waals surface area contributed by atoms with E-state index in [1.54, 1.807) is 14.0 Å². The number of ether oxygens (including phenoxy) is 1. The SMILES string of the molecule is CNC(=O)[C@@H]1[C@H]2C(=O)N([C@H](C)CO)C(C(=O)NC(C)C)C23CC[C@@]1(C)O3. The highest BCUT2D eigenvalue weighted by Crippen LogP contribution is 2.63. The van der Waals surface area contributed by atoms with E-state index in [4.69, 9.17) is 4.74 Å². The van der Waals surface area contributed by atoms with E-state index in [1.165, 1.54) is 4.90 Å². The Bertz CT molecular complexity index is 638. The summed E-state index contributed by atoms with van der Waals surface area (Å²) in [4.78, 5) is 40.4. The third-order valence-corrected chi connectivity index (χ3v) is 6.16. The van der Waals surface area contributed by atoms with Gasteiger partial charge in [-0.1, -0.05) is 0 Å². The zero-order chi connectivity index (χ0) is 19.4. The lowest BCUT2D eigenvalue weighted by molar-refractivity contribution is -0.149. The lowest BCUT2D eigenvalue weighted by Gasteiger charge is -2.36. The largest absolute Gasteiger partial charge is 0.394 e. The van der Waals surface area contributed by atoms with Gasteiger partial charge in [0.05, 0.1) is 30.1 Å². The van der Waals surface area contributed by atoms with Crippen molar-refractivity contribution < 1.29 is 24.2 Å². The molecule has 2 unspecified atom stereocenters. The van der Waals surface area contributed by atoms with Crippen molar-refractivity contribution in [2.75, 3.05) is 13.7 Å². The highest BCUT2D eigenvalue weighted by molar-refractivity contribution is 5.99. The van der Waals surface area contributed by atoms with E-state index in [-0.39, 0.29) is 30.4 Å². The summed E-state index contributed by atoms with van der Waals surface area (Å²) in [6, 6.07) is -1.48. The molecule has 8 nitrogen and oxygen atoms in total. The van der Waals surface area contributed by atoms with Crippen molar-refractivity contribution in [1.29, 1.82) is 0 Å². The van der Waals surface area contributed by atoms with Gasteiger partial charge in [-0.15, -0.1) is 0 Å². The average Bonchev–Trinajstić information content (AvgIpc) is 3.14. The van der Waals surface area contributed by atoms with Crippen molar-refractivity contribution >= 4 is 17.7 Å². The van der Waals surface area contributed by atoms with Crippen LogP contribution in [0.2, 0.25) is 0 Å². The van der Waals surface area contributed by atoms with Crippen LogP contribution in [0.15, 0.2) is 0 Å². The van der Waals surface area contributed by atoms with Gasteiger partial charge in [0.15, 0.2) is 0 Å². The maximum absolute atomic E-state index is 13.3. The van der Waals surface area contributed by atoms with Crippen LogP contribution >= 0.6 is 0 Å². The third-order valence-electron chi connectivity index (χ3n) is 6.16. The summed E-state index contributed by atoms with van der Waals surface area (Å²) < 4.78 is 6.35. The van der Waals surface area contributed by atoms with Crippen LogP contribution in [-0.4, -0.2) is 70.7 Å². The predicted octanol–water partition coefficient (Wildman–Crippen LogP) is -0.597. The fourth-order valence-corrected chi connectivity index (χ4v) is 5.15. The number of hydrogen-bond donors (Lipinski definition) is 3. The van der Waals surface area contributed by atoms with Gasteiger partial charge in [0.2, 0.25) is 17.7 Å². The lowest BCUT2D eigenvalue weighted by atomic mass is 9.66. The molecular weight excluding hydrogens is 338 g/mol. The van der Waals surface area contributed by atoms with Crippen molar-refractivity contribution in [2.24, 2.45) is 11.8 Å². The number of fused-ring (bicyclic) bond motifs is 1. The molecule has 0 aromatic carbocycles. The Morgan fingerprint density at radius 1 is 1.31 bits per heavy atom. The van der Waals surface area contributed by atoms with Crippen molar-refractivity contribution in [3.05, 3.63) is 0 Å². The number of amides is 3. The monoisotopic (exact) mass is 367 g/mol. The Kier molecular flexibility index (Phi) is 4.55. The van der Waals surface area contributed by atoms with Crippen LogP contribution in [0.5, 0.6) is 0 Å². The van der Waals surface area contributed by atoms with Gasteiger partial charge in [-0.2, -0.15) is 0 Å². The van der Waals surface area contributed by atoms with Crippen LogP contribution in [0.25, 0.3) is 0 Å². The van der Waals surface area contributed by atoms with Crippen LogP contribution in [-0.2, 0) is 19.1 Å². The van der Waals surface area contributed by atoms with Gasteiger partial charge in [0.1, 0.15) is 11.6 Å². The van der Waals surface area contributed by atoms with Gasteiger partial charge in [-0.05, 0) is 40.5 Å². The molecule has 3 rings (SSSR count). The van der Waals surface area contributed by atoms with Crippen molar-refractivity contribution in [3.63, 3.8) is 0 Å². The van der Waals surface area contributed by atoms with E-state index in [9.17, 15) is 19.5 Å². The van der Waals surface area contributed by atoms with Crippen molar-refractivity contribution in [3.8, 4) is 0 Å². The summed E-state index contributed by atoms with van der Waals surface area (Å²) >= 11 is 0. The van der Waals surface area contributed by atoms with Crippen LogP contribution in [0.1, 0.15) is 40.5 Å². The Balaban J connectivity index is 2.09. The first-order chi connectivity index (χ1) is 12.1. The maximum Gasteiger partial charge on any atom is 0.246 e. The molecule has 3 N–H and O–H groups in total. The normalized spacial score (nSPS) is 39.3. The molecule has 3 amide bonds. The number of carbonyl (C=O) groups is 3. The Labute approximate surface area is 153 Å². The first-order valence-electron chi connectivity index (χ1n) is 9.28. The van der Waals surface area contributed by atoms with Gasteiger partial charge in [-0.3, -0.25) is 14.4 Å². The first-order valence-corrected chi connectivity index (χ1v) is 9.28. The van der Waals surface area contributed by atoms with E-state index in [0.717, 1.165) is 0 Å². The molecule has 3 aliphatic rings. The minimum Gasteiger partial charge on any atom is -0.394 e. The molecule has 6 atom stereocenters. The average molecular weight is 367 g/mol. The van der Waals surface area contributed by atoms with Crippen LogP contribution in [0.3, 0.4) is 0 Å². The molecule has 8 heteroatoms. The topological polar surface area (TPSA) is 108 Å². The molecule has 3 fully saturated rings. The van der Waals surface area contributed by atoms with E-state index in [0.29, 0.717) is 12.8 Å². The molecule has 3 aliphatic heterocycles. The number of nitrogens with zero attached hydrogens (tertiary/aromatic N) is 1. The number of nitrogens with one attached hydrogen (secondary N) is 2. The van der Waals surface area contributed by atoms with E-state index in [2.05, 4.69) is 10.6 Å². The lowest BCUT2D eigenvalue weighted by Crippen LogP contribution is -2.58. The summed E-state index contributed by atoms with van der Waals surface area (Å²) in [5.41, 5.74) is -1.78. The number of likely N-dealkylation sites (tertiary alicyclic amines) is 1. The molecule has 0 aliphatic carbocycles. The van der Waals surface area contributed by atoms with Gasteiger partial charge in [0.25, 0.3) is 0 Å². The molecule has 0 saturated carbocycles. The molecular formula is C18H29N3O5. The molecule has 3 heterocycles. The molecule has 3 saturated heterocycles. The van der Waals surface area contributed by atoms with Gasteiger partial charge in [0, 0.05) is 13.1 Å². The molecule has 26 heavy (non-hydrogen) atoms. The Hall–Kier alpha value is -1.67. The Morgan fingerprint density at radius 2 is 1.96 bits per heavy atom. The van der Waals surface area contributed by atoms with Crippen molar-refractivity contribution in [1.82, 2.24) is 15.5 Å². The Morgan fingerprint density at radius 3 is 2.50 bits per heavy atom. The fourth-order valence-electron chi connectivity index (χ4n) is 5.15. The second-order valence-corrected chi connectivity index (χ2v) is 8.28. The van der Waals surface area contributed by atoms with Crippen LogP contribution < -0.4 is 10.6 Å². The number of carbonyl (C=O) groups excluding carboxylic acids is 3. The summed E-state index contributed by atoms with van der Waals surface area (Å²) in [5, 5.41) is 15.2. The summed E-state index contributed by atoms with van der Waals surface area (Å²) in [7, 11) is 1.54. The summed E-state index contributed by atoms with van der Waals surface area (Å²) in [6.07, 6.45) is 1.15. The molecule has 0 aromatic rings. The molecule has 146 valence electrons. The van der Waals surface area contributed by atoms with Gasteiger partial charge in [-0.25, -0.2) is 0 Å². The zero-order valence-electron chi connectivity index (χ0n) is 16.0. The quantitative estimate of drug-likeness (QED) is 0.602. The molecule has 0 aromatic heterocycles. The van der Waals surface area contributed by atoms with E-state index >= 15 is 0 Å². The zero-order valence-corrected chi connectivity index (χ0v) is 16.0. The minimum absolute atomic E-state index is 0.0942. The smallest absolute Gasteiger partial charge is 0.246 e. The first kappa shape index (κ1) is 19.1. The van der Waals surface area contributed by atoms with Gasteiger partial charge >= 0.3 is 0 Å². The molecule has 0 radical (unpaired) electrons. The summed E-state index contributed by atoms with van der Waals surface area (Å²) in [6.45, 7) is 7.00. The van der Waals surface area contributed by atoms with E-state index in [1.807, 2.05) is 20.8 Å². The van der Waals surface area contributed by atoms with E-state index < -0.39 is 35.1 Å². The second kappa shape index (κ2) is 6.20. The molecule has 2 bridgehead atoms. The third kappa shape index (κ3) is 2.38. The highest BCUT2D eigenvalue weighted by atomic mass is 16.5. The number of aliphatic hydroxyl groups is 1. The molecule has 1 spiro atoms. The van der Waals surface area contributed by atoms with Crippen LogP contribution in [0.4, 0.5) is 0 Å². The highest BCUT2D eigenvalue weighted by Gasteiger charge is 2.78. The number of rotatable bonds is 5. The summed E-state index contributed by atoms with van der Waals surface area (Å²) in [5.74, 6) is -2.17. The minimum atomic E-state index is -1.02. The van der Waals surface area contributed by atoms with Gasteiger partial charge < -0.3 is 25.4 Å². The standard InChI is InChI=1S/C18H29N3O5/c1-9(2)20-15(24)13-18-7-6-17(4,26-18)11(14(23)19-5)12(18)16(25)21(13)10(3)8-22/h9-13,22H,6-8H2,1-5H3,(H,19,23)(H,20,24)/t10-,11+,12+,13?,17-,18?/m1/s1. The van der Waals surface area contributed by atoms with Crippen molar-refractivity contribution in [2.45, 2.75) is 69.9 Å². The maximum atomic E-state index is 13.3. The number of hydrogen-bond acceptors (Lipinski definition) is 5. The fraction of sp³-hybridized carbons (Fsp3) is 0.833. The number of aliphatic hydroxyl groups excluding tert-OH is 1. The second-order valence-electron chi connectivity index (χ2n) is 8.28.